The van der Waals surface area contributed by atoms with Crippen molar-refractivity contribution in [1.29, 1.82) is 0 Å². The Bertz CT molecular complexity index is 436. The van der Waals surface area contributed by atoms with Gasteiger partial charge in [0.2, 0.25) is 0 Å². The van der Waals surface area contributed by atoms with E-state index in [1.807, 2.05) is 0 Å². The number of amides is 1. The van der Waals surface area contributed by atoms with Crippen LogP contribution in [0.2, 0.25) is 0 Å². The molecule has 0 saturated heterocycles. The minimum Gasteiger partial charge on any atom is -0.480 e. The zero-order valence-electron chi connectivity index (χ0n) is 10.3. The molecule has 0 aliphatic rings. The van der Waals surface area contributed by atoms with Gasteiger partial charge in [-0.2, -0.15) is 0 Å². The summed E-state index contributed by atoms with van der Waals surface area (Å²) in [5.74, 6) is -1.48. The van der Waals surface area contributed by atoms with E-state index >= 15 is 0 Å². The van der Waals surface area contributed by atoms with Crippen molar-refractivity contribution in [2.45, 2.75) is 6.92 Å². The van der Waals surface area contributed by atoms with Crippen molar-refractivity contribution < 1.29 is 19.4 Å². The molecule has 0 aromatic carbocycles. The predicted molar refractivity (Wildman–Crippen MR) is 62.2 cm³/mol. The molecule has 1 amide bonds. The molecule has 1 aromatic rings. The van der Waals surface area contributed by atoms with Gasteiger partial charge in [0.05, 0.1) is 17.9 Å². The van der Waals surface area contributed by atoms with E-state index in [0.29, 0.717) is 11.3 Å². The molecule has 0 radical (unpaired) electrons. The maximum atomic E-state index is 12.1. The van der Waals surface area contributed by atoms with Crippen LogP contribution in [0.5, 0.6) is 0 Å². The molecular weight excluding hydrogens is 238 g/mol. The van der Waals surface area contributed by atoms with Crippen molar-refractivity contribution in [2.75, 3.05) is 26.8 Å². The topological polar surface area (TPSA) is 92.6 Å². The Morgan fingerprint density at radius 2 is 2.22 bits per heavy atom. The van der Waals surface area contributed by atoms with Crippen LogP contribution >= 0.6 is 0 Å². The van der Waals surface area contributed by atoms with Gasteiger partial charge in [0, 0.05) is 19.9 Å². The molecule has 0 aliphatic carbocycles. The van der Waals surface area contributed by atoms with Gasteiger partial charge in [-0.1, -0.05) is 0 Å². The summed E-state index contributed by atoms with van der Waals surface area (Å²) in [5.41, 5.74) is 0.817. The maximum Gasteiger partial charge on any atom is 0.323 e. The highest BCUT2D eigenvalue weighted by Crippen LogP contribution is 2.06. The van der Waals surface area contributed by atoms with Gasteiger partial charge in [0.15, 0.2) is 0 Å². The molecular formula is C11H15N3O4. The lowest BCUT2D eigenvalue weighted by Gasteiger charge is -2.20. The number of hydrogen-bond acceptors (Lipinski definition) is 5. The average molecular weight is 253 g/mol. The fourth-order valence-corrected chi connectivity index (χ4v) is 1.39. The summed E-state index contributed by atoms with van der Waals surface area (Å²) < 4.78 is 4.85. The number of methoxy groups -OCH3 is 1. The van der Waals surface area contributed by atoms with Crippen molar-refractivity contribution in [1.82, 2.24) is 14.9 Å². The third-order valence-electron chi connectivity index (χ3n) is 2.32. The van der Waals surface area contributed by atoms with Crippen molar-refractivity contribution in [3.63, 3.8) is 0 Å². The lowest BCUT2D eigenvalue weighted by atomic mass is 10.2. The lowest BCUT2D eigenvalue weighted by molar-refractivity contribution is -0.137. The first-order valence-electron chi connectivity index (χ1n) is 5.33. The SMILES string of the molecule is COCCN(CC(=O)O)C(=O)c1cncnc1C. The molecule has 0 bridgehead atoms. The summed E-state index contributed by atoms with van der Waals surface area (Å²) >= 11 is 0. The van der Waals surface area contributed by atoms with Crippen LogP contribution < -0.4 is 0 Å². The average Bonchev–Trinajstić information content (AvgIpc) is 2.34. The molecule has 7 nitrogen and oxygen atoms in total. The third kappa shape index (κ3) is 3.77. The molecule has 1 rings (SSSR count). The largest absolute Gasteiger partial charge is 0.480 e. The second-order valence-electron chi connectivity index (χ2n) is 3.64. The molecule has 18 heavy (non-hydrogen) atoms. The summed E-state index contributed by atoms with van der Waals surface area (Å²) in [6.45, 7) is 1.77. The van der Waals surface area contributed by atoms with E-state index in [0.717, 1.165) is 0 Å². The fourth-order valence-electron chi connectivity index (χ4n) is 1.39. The Morgan fingerprint density at radius 3 is 2.78 bits per heavy atom. The van der Waals surface area contributed by atoms with Gasteiger partial charge < -0.3 is 14.7 Å². The molecule has 0 saturated carbocycles. The number of carboxylic acids is 1. The van der Waals surface area contributed by atoms with Crippen LogP contribution in [-0.2, 0) is 9.53 Å². The number of aromatic nitrogens is 2. The number of hydrogen-bond donors (Lipinski definition) is 1. The van der Waals surface area contributed by atoms with Crippen LogP contribution in [0.4, 0.5) is 0 Å². The van der Waals surface area contributed by atoms with Gasteiger partial charge in [0.1, 0.15) is 12.9 Å². The number of carbonyl (C=O) groups is 2. The Hall–Kier alpha value is -2.02. The van der Waals surface area contributed by atoms with Crippen LogP contribution in [0.15, 0.2) is 12.5 Å². The number of nitrogens with zero attached hydrogens (tertiary/aromatic N) is 3. The van der Waals surface area contributed by atoms with Gasteiger partial charge in [0.25, 0.3) is 5.91 Å². The van der Waals surface area contributed by atoms with Crippen LogP contribution in [0.1, 0.15) is 16.1 Å². The van der Waals surface area contributed by atoms with Crippen LogP contribution in [-0.4, -0.2) is 58.7 Å². The summed E-state index contributed by atoms with van der Waals surface area (Å²) in [5, 5.41) is 8.78. The number of rotatable bonds is 6. The monoisotopic (exact) mass is 253 g/mol. The Kier molecular flexibility index (Phi) is 5.19. The molecule has 0 fully saturated rings. The number of aliphatic carboxylic acids is 1. The highest BCUT2D eigenvalue weighted by molar-refractivity contribution is 5.96. The summed E-state index contributed by atoms with van der Waals surface area (Å²) in [7, 11) is 1.49. The zero-order valence-corrected chi connectivity index (χ0v) is 10.3. The fraction of sp³-hybridized carbons (Fsp3) is 0.455. The number of carbonyl (C=O) groups excluding carboxylic acids is 1. The second-order valence-corrected chi connectivity index (χ2v) is 3.64. The van der Waals surface area contributed by atoms with Gasteiger partial charge >= 0.3 is 5.97 Å². The van der Waals surface area contributed by atoms with E-state index < -0.39 is 11.9 Å². The Morgan fingerprint density at radius 1 is 1.50 bits per heavy atom. The Balaban J connectivity index is 2.87. The normalized spacial score (nSPS) is 10.1. The number of aryl methyl sites for hydroxylation is 1. The summed E-state index contributed by atoms with van der Waals surface area (Å²) in [4.78, 5) is 31.7. The molecule has 7 heteroatoms. The standard InChI is InChI=1S/C11H15N3O4/c1-8-9(5-12-7-13-8)11(17)14(3-4-18-2)6-10(15)16/h5,7H,3-4,6H2,1-2H3,(H,15,16). The first kappa shape index (κ1) is 14.0. The van der Waals surface area contributed by atoms with E-state index in [4.69, 9.17) is 9.84 Å². The van der Waals surface area contributed by atoms with E-state index in [2.05, 4.69) is 9.97 Å². The summed E-state index contributed by atoms with van der Waals surface area (Å²) in [6.07, 6.45) is 2.72. The van der Waals surface area contributed by atoms with Crippen molar-refractivity contribution in [3.05, 3.63) is 23.8 Å². The first-order valence-corrected chi connectivity index (χ1v) is 5.33. The minimum atomic E-state index is -1.08. The molecule has 0 unspecified atom stereocenters. The van der Waals surface area contributed by atoms with Crippen molar-refractivity contribution >= 4 is 11.9 Å². The van der Waals surface area contributed by atoms with Gasteiger partial charge in [-0.3, -0.25) is 9.59 Å². The van der Waals surface area contributed by atoms with E-state index in [9.17, 15) is 9.59 Å². The third-order valence-corrected chi connectivity index (χ3v) is 2.32. The second kappa shape index (κ2) is 6.65. The Labute approximate surface area is 104 Å². The molecule has 0 aliphatic heterocycles. The smallest absolute Gasteiger partial charge is 0.323 e. The van der Waals surface area contributed by atoms with Gasteiger partial charge in [-0.15, -0.1) is 0 Å². The van der Waals surface area contributed by atoms with Crippen molar-refractivity contribution in [3.8, 4) is 0 Å². The number of carboxylic acid groups (broad SMARTS) is 1. The molecule has 0 atom stereocenters. The summed E-state index contributed by atoms with van der Waals surface area (Å²) in [6, 6.07) is 0. The highest BCUT2D eigenvalue weighted by atomic mass is 16.5. The first-order chi connectivity index (χ1) is 8.56. The van der Waals surface area contributed by atoms with E-state index in [1.54, 1.807) is 6.92 Å². The van der Waals surface area contributed by atoms with Gasteiger partial charge in [-0.05, 0) is 6.92 Å². The molecule has 1 N–H and O–H groups in total. The number of ether oxygens (including phenoxy) is 1. The molecule has 0 spiro atoms. The quantitative estimate of drug-likeness (QED) is 0.764. The van der Waals surface area contributed by atoms with Crippen LogP contribution in [0, 0.1) is 6.92 Å². The predicted octanol–water partition coefficient (Wildman–Crippen LogP) is -0.0418. The van der Waals surface area contributed by atoms with E-state index in [-0.39, 0.29) is 19.7 Å². The van der Waals surface area contributed by atoms with Crippen LogP contribution in [0.25, 0.3) is 0 Å². The maximum absolute atomic E-state index is 12.1. The zero-order chi connectivity index (χ0) is 13.5. The van der Waals surface area contributed by atoms with E-state index in [1.165, 1.54) is 24.5 Å². The minimum absolute atomic E-state index is 0.204. The van der Waals surface area contributed by atoms with Gasteiger partial charge in [-0.25, -0.2) is 9.97 Å². The molecule has 1 aromatic heterocycles. The highest BCUT2D eigenvalue weighted by Gasteiger charge is 2.20. The van der Waals surface area contributed by atoms with Crippen molar-refractivity contribution in [2.24, 2.45) is 0 Å². The molecule has 98 valence electrons. The lowest BCUT2D eigenvalue weighted by Crippen LogP contribution is -2.38. The molecule has 1 heterocycles. The van der Waals surface area contributed by atoms with Crippen LogP contribution in [0.3, 0.4) is 0 Å².